The summed E-state index contributed by atoms with van der Waals surface area (Å²) in [6.07, 6.45) is 7.14. The number of anilines is 1. The summed E-state index contributed by atoms with van der Waals surface area (Å²) in [6, 6.07) is 19.4. The lowest BCUT2D eigenvalue weighted by molar-refractivity contribution is 0.570. The Morgan fingerprint density at radius 2 is 1.68 bits per heavy atom. The highest BCUT2D eigenvalue weighted by Crippen LogP contribution is 2.26. The normalized spacial score (nSPS) is 14.3. The summed E-state index contributed by atoms with van der Waals surface area (Å²) in [7, 11) is 0. The van der Waals surface area contributed by atoms with Crippen molar-refractivity contribution in [3.05, 3.63) is 83.9 Å². The quantitative estimate of drug-likeness (QED) is 0.494. The number of pyridine rings is 1. The van der Waals surface area contributed by atoms with E-state index >= 15 is 0 Å². The number of para-hydroxylation sites is 1. The Labute approximate surface area is 182 Å². The van der Waals surface area contributed by atoms with Crippen LogP contribution in [0.2, 0.25) is 0 Å². The molecule has 1 N–H and O–H groups in total. The van der Waals surface area contributed by atoms with Crippen LogP contribution in [-0.2, 0) is 19.6 Å². The predicted octanol–water partition coefficient (Wildman–Crippen LogP) is 4.15. The van der Waals surface area contributed by atoms with Crippen LogP contribution in [0.5, 0.6) is 0 Å². The third kappa shape index (κ3) is 4.75. The molecule has 1 saturated heterocycles. The molecule has 5 rings (SSSR count). The van der Waals surface area contributed by atoms with Gasteiger partial charge in [0.15, 0.2) is 0 Å². The predicted molar refractivity (Wildman–Crippen MR) is 124 cm³/mol. The van der Waals surface area contributed by atoms with Gasteiger partial charge in [-0.2, -0.15) is 5.10 Å². The molecule has 158 valence electrons. The molecule has 0 spiro atoms. The van der Waals surface area contributed by atoms with Crippen molar-refractivity contribution in [3.63, 3.8) is 0 Å². The Morgan fingerprint density at radius 3 is 2.48 bits per heavy atom. The number of rotatable bonds is 7. The van der Waals surface area contributed by atoms with Crippen LogP contribution >= 0.6 is 0 Å². The first kappa shape index (κ1) is 19.7. The number of piperidine rings is 1. The highest BCUT2D eigenvalue weighted by Gasteiger charge is 2.17. The van der Waals surface area contributed by atoms with E-state index in [1.54, 1.807) is 12.7 Å². The van der Waals surface area contributed by atoms with E-state index in [2.05, 4.69) is 74.9 Å². The van der Waals surface area contributed by atoms with E-state index in [0.29, 0.717) is 0 Å². The number of hydrogen-bond donors (Lipinski definition) is 1. The zero-order chi connectivity index (χ0) is 20.9. The molecule has 0 aliphatic carbocycles. The van der Waals surface area contributed by atoms with Gasteiger partial charge >= 0.3 is 0 Å². The van der Waals surface area contributed by atoms with Gasteiger partial charge in [-0.05, 0) is 42.5 Å². The molecule has 1 fully saturated rings. The molecule has 3 heterocycles. The van der Waals surface area contributed by atoms with Crippen LogP contribution in [0.25, 0.3) is 10.9 Å². The largest absolute Gasteiger partial charge is 0.356 e. The molecule has 0 unspecified atom stereocenters. The lowest BCUT2D eigenvalue weighted by Crippen LogP contribution is -2.31. The van der Waals surface area contributed by atoms with E-state index in [-0.39, 0.29) is 0 Å². The molecule has 2 aromatic carbocycles. The van der Waals surface area contributed by atoms with Crippen LogP contribution in [0.4, 0.5) is 5.82 Å². The van der Waals surface area contributed by atoms with E-state index in [1.165, 1.54) is 41.3 Å². The monoisotopic (exact) mass is 412 g/mol. The number of aromatic nitrogens is 4. The molecule has 6 nitrogen and oxygen atoms in total. The van der Waals surface area contributed by atoms with Crippen molar-refractivity contribution in [2.45, 2.75) is 38.9 Å². The van der Waals surface area contributed by atoms with Crippen molar-refractivity contribution in [3.8, 4) is 0 Å². The van der Waals surface area contributed by atoms with E-state index in [0.717, 1.165) is 44.1 Å². The number of nitrogens with zero attached hydrogens (tertiary/aromatic N) is 5. The first-order chi connectivity index (χ1) is 15.3. The molecule has 4 aromatic rings. The smallest absolute Gasteiger partial charge is 0.137 e. The second-order valence-electron chi connectivity index (χ2n) is 8.22. The second-order valence-corrected chi connectivity index (χ2v) is 8.22. The molecule has 0 bridgehead atoms. The highest BCUT2D eigenvalue weighted by atomic mass is 15.3. The van der Waals surface area contributed by atoms with Gasteiger partial charge in [0.05, 0.1) is 12.1 Å². The molecule has 6 heteroatoms. The molecule has 1 aliphatic heterocycles. The molecule has 2 aromatic heterocycles. The van der Waals surface area contributed by atoms with Gasteiger partial charge in [0.25, 0.3) is 0 Å². The molecular weight excluding hydrogens is 384 g/mol. The Kier molecular flexibility index (Phi) is 5.89. The van der Waals surface area contributed by atoms with Gasteiger partial charge in [0, 0.05) is 37.1 Å². The highest BCUT2D eigenvalue weighted by molar-refractivity contribution is 5.81. The van der Waals surface area contributed by atoms with E-state index in [4.69, 9.17) is 4.98 Å². The van der Waals surface area contributed by atoms with Crippen molar-refractivity contribution >= 4 is 16.7 Å². The zero-order valence-electron chi connectivity index (χ0n) is 17.7. The lowest BCUT2D eigenvalue weighted by atomic mass is 10.1. The third-order valence-corrected chi connectivity index (χ3v) is 5.91. The number of nitrogens with one attached hydrogen (secondary N) is 1. The Balaban J connectivity index is 1.27. The van der Waals surface area contributed by atoms with Gasteiger partial charge in [0.2, 0.25) is 0 Å². The van der Waals surface area contributed by atoms with Crippen LogP contribution in [0.3, 0.4) is 0 Å². The Hall–Kier alpha value is -3.25. The second kappa shape index (κ2) is 9.27. The summed E-state index contributed by atoms with van der Waals surface area (Å²) in [4.78, 5) is 11.5. The molecular formula is C25H28N6. The lowest BCUT2D eigenvalue weighted by Gasteiger charge is -2.30. The van der Waals surface area contributed by atoms with Crippen LogP contribution < -0.4 is 10.2 Å². The molecule has 0 amide bonds. The van der Waals surface area contributed by atoms with Gasteiger partial charge in [-0.1, -0.05) is 42.5 Å². The van der Waals surface area contributed by atoms with E-state index in [9.17, 15) is 0 Å². The maximum Gasteiger partial charge on any atom is 0.137 e. The molecule has 31 heavy (non-hydrogen) atoms. The number of hydrogen-bond acceptors (Lipinski definition) is 5. The third-order valence-electron chi connectivity index (χ3n) is 5.91. The fourth-order valence-corrected chi connectivity index (χ4v) is 4.26. The minimum Gasteiger partial charge on any atom is -0.356 e. The average Bonchev–Trinajstić information content (AvgIpc) is 3.33. The van der Waals surface area contributed by atoms with Crippen molar-refractivity contribution < 1.29 is 0 Å². The summed E-state index contributed by atoms with van der Waals surface area (Å²) in [5, 5.41) is 9.01. The number of benzene rings is 2. The first-order valence-electron chi connectivity index (χ1n) is 11.1. The average molecular weight is 413 g/mol. The van der Waals surface area contributed by atoms with Crippen LogP contribution in [0, 0.1) is 0 Å². The summed E-state index contributed by atoms with van der Waals surface area (Å²) < 4.78 is 1.84. The van der Waals surface area contributed by atoms with Crippen LogP contribution in [-0.4, -0.2) is 32.8 Å². The first-order valence-corrected chi connectivity index (χ1v) is 11.1. The maximum absolute atomic E-state index is 5.04. The van der Waals surface area contributed by atoms with Gasteiger partial charge in [0.1, 0.15) is 18.5 Å². The summed E-state index contributed by atoms with van der Waals surface area (Å²) >= 11 is 0. The summed E-state index contributed by atoms with van der Waals surface area (Å²) in [5.41, 5.74) is 4.86. The minimum absolute atomic E-state index is 0.746. The Morgan fingerprint density at radius 1 is 0.871 bits per heavy atom. The fraction of sp³-hybridized carbons (Fsp3) is 0.320. The minimum atomic E-state index is 0.746. The molecule has 0 atom stereocenters. The molecule has 1 aliphatic rings. The van der Waals surface area contributed by atoms with Gasteiger partial charge in [-0.3, -0.25) is 0 Å². The van der Waals surface area contributed by atoms with E-state index in [1.807, 2.05) is 4.68 Å². The van der Waals surface area contributed by atoms with Crippen molar-refractivity contribution in [1.29, 1.82) is 0 Å². The van der Waals surface area contributed by atoms with E-state index < -0.39 is 0 Å². The fourth-order valence-electron chi connectivity index (χ4n) is 4.26. The standard InChI is InChI=1S/C25H28N6/c1-4-12-30(13-5-1)25-23(14-22-6-2-3-7-24(22)29-25)16-26-15-20-8-10-21(11-9-20)17-31-19-27-18-28-31/h2-3,6-11,14,18-19,26H,1,4-5,12-13,15-17H2. The van der Waals surface area contributed by atoms with Gasteiger partial charge < -0.3 is 10.2 Å². The van der Waals surface area contributed by atoms with Gasteiger partial charge in [-0.15, -0.1) is 0 Å². The van der Waals surface area contributed by atoms with Gasteiger partial charge in [-0.25, -0.2) is 14.6 Å². The SMILES string of the molecule is c1ccc2nc(N3CCCCC3)c(CNCc3ccc(Cn4cncn4)cc3)cc2c1. The van der Waals surface area contributed by atoms with Crippen LogP contribution in [0.1, 0.15) is 36.0 Å². The van der Waals surface area contributed by atoms with Crippen molar-refractivity contribution in [2.75, 3.05) is 18.0 Å². The maximum atomic E-state index is 5.04. The summed E-state index contributed by atoms with van der Waals surface area (Å²) in [5.74, 6) is 1.15. The Bertz CT molecular complexity index is 1110. The molecule has 0 radical (unpaired) electrons. The molecule has 0 saturated carbocycles. The number of fused-ring (bicyclic) bond motifs is 1. The topological polar surface area (TPSA) is 58.9 Å². The van der Waals surface area contributed by atoms with Crippen molar-refractivity contribution in [1.82, 2.24) is 25.1 Å². The van der Waals surface area contributed by atoms with Crippen molar-refractivity contribution in [2.24, 2.45) is 0 Å². The zero-order valence-corrected chi connectivity index (χ0v) is 17.7. The summed E-state index contributed by atoms with van der Waals surface area (Å²) in [6.45, 7) is 4.59. The van der Waals surface area contributed by atoms with Crippen LogP contribution in [0.15, 0.2) is 67.3 Å².